The van der Waals surface area contributed by atoms with Crippen LogP contribution in [0.3, 0.4) is 0 Å². The molecule has 2 aromatic rings. The number of carbonyl (C=O) groups excluding carboxylic acids is 1. The zero-order valence-electron chi connectivity index (χ0n) is 12.6. The SMILES string of the molecule is O=C1NC(=Nc2ccccc2Cl)S/C1=C/c1cc2c(cc1Br)OCO2. The summed E-state index contributed by atoms with van der Waals surface area (Å²) in [5.74, 6) is 1.13. The number of amidine groups is 1. The summed E-state index contributed by atoms with van der Waals surface area (Å²) in [5.41, 5.74) is 1.43. The molecule has 0 saturated carbocycles. The van der Waals surface area contributed by atoms with E-state index >= 15 is 0 Å². The highest BCUT2D eigenvalue weighted by Crippen LogP contribution is 2.39. The lowest BCUT2D eigenvalue weighted by Crippen LogP contribution is -2.19. The van der Waals surface area contributed by atoms with Crippen LogP contribution in [0.25, 0.3) is 6.08 Å². The predicted molar refractivity (Wildman–Crippen MR) is 103 cm³/mol. The van der Waals surface area contributed by atoms with E-state index in [2.05, 4.69) is 26.2 Å². The summed E-state index contributed by atoms with van der Waals surface area (Å²) in [6.45, 7) is 0.200. The van der Waals surface area contributed by atoms with Crippen LogP contribution in [0.4, 0.5) is 5.69 Å². The molecule has 2 aliphatic rings. The molecule has 25 heavy (non-hydrogen) atoms. The van der Waals surface area contributed by atoms with E-state index in [1.54, 1.807) is 18.2 Å². The van der Waals surface area contributed by atoms with Crippen LogP contribution in [-0.4, -0.2) is 17.9 Å². The summed E-state index contributed by atoms with van der Waals surface area (Å²) in [4.78, 5) is 17.2. The van der Waals surface area contributed by atoms with Crippen LogP contribution in [-0.2, 0) is 4.79 Å². The van der Waals surface area contributed by atoms with E-state index in [1.165, 1.54) is 11.8 Å². The van der Waals surface area contributed by atoms with Gasteiger partial charge in [0.15, 0.2) is 16.7 Å². The zero-order valence-corrected chi connectivity index (χ0v) is 15.7. The number of thioether (sulfide) groups is 1. The lowest BCUT2D eigenvalue weighted by Gasteiger charge is -2.02. The fourth-order valence-electron chi connectivity index (χ4n) is 2.32. The van der Waals surface area contributed by atoms with Gasteiger partial charge >= 0.3 is 0 Å². The highest BCUT2D eigenvalue weighted by Gasteiger charge is 2.25. The van der Waals surface area contributed by atoms with Crippen LogP contribution in [0.15, 0.2) is 50.8 Å². The Balaban J connectivity index is 1.63. The third-order valence-corrected chi connectivity index (χ3v) is 5.42. The van der Waals surface area contributed by atoms with E-state index in [0.29, 0.717) is 32.3 Å². The standard InChI is InChI=1S/C17H10BrClN2O3S/c18-10-7-14-13(23-8-24-14)5-9(10)6-15-16(22)21-17(25-15)20-12-4-2-1-3-11(12)19/h1-7H,8H2,(H,20,21,22)/b15-6+. The topological polar surface area (TPSA) is 59.9 Å². The minimum absolute atomic E-state index is 0.200. The summed E-state index contributed by atoms with van der Waals surface area (Å²) < 4.78 is 11.5. The minimum Gasteiger partial charge on any atom is -0.454 e. The lowest BCUT2D eigenvalue weighted by atomic mass is 10.2. The maximum atomic E-state index is 12.2. The van der Waals surface area contributed by atoms with Crippen molar-refractivity contribution in [3.05, 3.63) is 56.4 Å². The van der Waals surface area contributed by atoms with Crippen molar-refractivity contribution in [3.63, 3.8) is 0 Å². The number of halogens is 2. The summed E-state index contributed by atoms with van der Waals surface area (Å²) >= 11 is 10.8. The molecule has 0 aromatic heterocycles. The molecule has 5 nitrogen and oxygen atoms in total. The number of fused-ring (bicyclic) bond motifs is 1. The first kappa shape index (κ1) is 16.5. The highest BCUT2D eigenvalue weighted by molar-refractivity contribution is 9.10. The van der Waals surface area contributed by atoms with Crippen molar-refractivity contribution in [2.45, 2.75) is 0 Å². The van der Waals surface area contributed by atoms with E-state index in [4.69, 9.17) is 21.1 Å². The molecule has 1 fully saturated rings. The molecule has 2 aromatic carbocycles. The first-order valence-corrected chi connectivity index (χ1v) is 9.22. The van der Waals surface area contributed by atoms with E-state index < -0.39 is 0 Å². The number of nitrogens with one attached hydrogen (secondary N) is 1. The van der Waals surface area contributed by atoms with Gasteiger partial charge < -0.3 is 14.8 Å². The molecule has 1 saturated heterocycles. The Morgan fingerprint density at radius 1 is 1.24 bits per heavy atom. The van der Waals surface area contributed by atoms with E-state index in [-0.39, 0.29) is 12.7 Å². The smallest absolute Gasteiger partial charge is 0.264 e. The Hall–Kier alpha value is -1.96. The maximum absolute atomic E-state index is 12.2. The van der Waals surface area contributed by atoms with Gasteiger partial charge in [-0.1, -0.05) is 39.7 Å². The monoisotopic (exact) mass is 436 g/mol. The van der Waals surface area contributed by atoms with E-state index in [9.17, 15) is 4.79 Å². The molecule has 2 heterocycles. The molecule has 0 aliphatic carbocycles. The Labute approximate surface area is 161 Å². The van der Waals surface area contributed by atoms with Crippen LogP contribution in [0.2, 0.25) is 5.02 Å². The third kappa shape index (κ3) is 3.40. The van der Waals surface area contributed by atoms with Gasteiger partial charge in [0, 0.05) is 4.47 Å². The maximum Gasteiger partial charge on any atom is 0.264 e. The number of hydrogen-bond acceptors (Lipinski definition) is 5. The average molecular weight is 438 g/mol. The molecule has 0 unspecified atom stereocenters. The van der Waals surface area contributed by atoms with Crippen molar-refractivity contribution in [2.75, 3.05) is 6.79 Å². The van der Waals surface area contributed by atoms with Crippen LogP contribution < -0.4 is 14.8 Å². The molecule has 0 radical (unpaired) electrons. The van der Waals surface area contributed by atoms with Crippen LogP contribution in [0.1, 0.15) is 5.56 Å². The summed E-state index contributed by atoms with van der Waals surface area (Å²) in [5, 5.41) is 3.76. The third-order valence-electron chi connectivity index (χ3n) is 3.50. The van der Waals surface area contributed by atoms with Crippen molar-refractivity contribution in [1.82, 2.24) is 5.32 Å². The molecule has 0 spiro atoms. The van der Waals surface area contributed by atoms with Gasteiger partial charge in [-0.25, -0.2) is 4.99 Å². The fraction of sp³-hybridized carbons (Fsp3) is 0.0588. The summed E-state index contributed by atoms with van der Waals surface area (Å²) in [7, 11) is 0. The first-order valence-electron chi connectivity index (χ1n) is 7.23. The average Bonchev–Trinajstić information content (AvgIpc) is 3.16. The zero-order chi connectivity index (χ0) is 17.4. The molecule has 0 atom stereocenters. The first-order chi connectivity index (χ1) is 12.1. The Morgan fingerprint density at radius 2 is 2.00 bits per heavy atom. The van der Waals surface area contributed by atoms with Crippen molar-refractivity contribution < 1.29 is 14.3 Å². The van der Waals surface area contributed by atoms with E-state index in [0.717, 1.165) is 10.0 Å². The van der Waals surface area contributed by atoms with Crippen LogP contribution in [0.5, 0.6) is 11.5 Å². The molecule has 2 aliphatic heterocycles. The second kappa shape index (κ2) is 6.74. The van der Waals surface area contributed by atoms with Gasteiger partial charge in [0.2, 0.25) is 6.79 Å². The van der Waals surface area contributed by atoms with Crippen molar-refractivity contribution in [3.8, 4) is 11.5 Å². The molecular weight excluding hydrogens is 428 g/mol. The lowest BCUT2D eigenvalue weighted by molar-refractivity contribution is -0.115. The Morgan fingerprint density at radius 3 is 2.80 bits per heavy atom. The predicted octanol–water partition coefficient (Wildman–Crippen LogP) is 4.72. The Kier molecular flexibility index (Phi) is 4.45. The number of nitrogens with zero attached hydrogens (tertiary/aromatic N) is 1. The van der Waals surface area contributed by atoms with Crippen molar-refractivity contribution >= 4 is 62.1 Å². The number of para-hydroxylation sites is 1. The number of carbonyl (C=O) groups is 1. The molecule has 8 heteroatoms. The quantitative estimate of drug-likeness (QED) is 0.691. The molecule has 0 bridgehead atoms. The van der Waals surface area contributed by atoms with Gasteiger partial charge in [-0.3, -0.25) is 4.79 Å². The molecule has 126 valence electrons. The van der Waals surface area contributed by atoms with Crippen molar-refractivity contribution in [1.29, 1.82) is 0 Å². The number of aliphatic imine (C=N–C) groups is 1. The van der Waals surface area contributed by atoms with Gasteiger partial charge in [0.25, 0.3) is 5.91 Å². The van der Waals surface area contributed by atoms with E-state index in [1.807, 2.05) is 24.3 Å². The number of rotatable bonds is 2. The molecule has 1 N–H and O–H groups in total. The van der Waals surface area contributed by atoms with Gasteiger partial charge in [-0.2, -0.15) is 0 Å². The largest absolute Gasteiger partial charge is 0.454 e. The summed E-state index contributed by atoms with van der Waals surface area (Å²) in [6, 6.07) is 10.9. The fourth-order valence-corrected chi connectivity index (χ4v) is 3.76. The van der Waals surface area contributed by atoms with Gasteiger partial charge in [0.1, 0.15) is 0 Å². The van der Waals surface area contributed by atoms with Gasteiger partial charge in [-0.05, 0) is 47.7 Å². The number of hydrogen-bond donors (Lipinski definition) is 1. The van der Waals surface area contributed by atoms with Crippen LogP contribution >= 0.6 is 39.3 Å². The minimum atomic E-state index is -0.208. The highest BCUT2D eigenvalue weighted by atomic mass is 79.9. The molecule has 1 amide bonds. The van der Waals surface area contributed by atoms with Crippen molar-refractivity contribution in [2.24, 2.45) is 4.99 Å². The normalized spacial score (nSPS) is 18.9. The second-order valence-electron chi connectivity index (χ2n) is 5.16. The number of ether oxygens (including phenoxy) is 2. The molecular formula is C17H10BrClN2O3S. The van der Waals surface area contributed by atoms with Gasteiger partial charge in [0.05, 0.1) is 15.6 Å². The Bertz CT molecular complexity index is 945. The van der Waals surface area contributed by atoms with Gasteiger partial charge in [-0.15, -0.1) is 0 Å². The molecule has 4 rings (SSSR count). The summed E-state index contributed by atoms with van der Waals surface area (Å²) in [6.07, 6.45) is 1.78. The second-order valence-corrected chi connectivity index (χ2v) is 7.45. The van der Waals surface area contributed by atoms with Crippen LogP contribution in [0, 0.1) is 0 Å². The number of amides is 1. The number of benzene rings is 2.